The van der Waals surface area contributed by atoms with Gasteiger partial charge in [-0.1, -0.05) is 12.1 Å². The molecule has 0 bridgehead atoms. The Balaban J connectivity index is 1.56. The number of benzene rings is 2. The van der Waals surface area contributed by atoms with E-state index in [9.17, 15) is 9.18 Å². The van der Waals surface area contributed by atoms with Crippen LogP contribution in [0.15, 0.2) is 41.9 Å². The standard InChI is InChI=1S/C22H21FN2O2S/c1-2-3-4-5-6-12-27-19-9-7-8-16(22(19)23)13-21(26)25-17-10-11-18-20(14-17)28-15-24-18/h7-11,14-15H,4-6,12-13H2,1H3,(H,25,26). The molecule has 4 nitrogen and oxygen atoms in total. The summed E-state index contributed by atoms with van der Waals surface area (Å²) in [4.78, 5) is 16.5. The Labute approximate surface area is 167 Å². The number of carbonyl (C=O) groups is 1. The number of nitrogens with one attached hydrogen (secondary N) is 1. The molecule has 144 valence electrons. The van der Waals surface area contributed by atoms with Gasteiger partial charge in [0.2, 0.25) is 5.91 Å². The van der Waals surface area contributed by atoms with E-state index >= 15 is 0 Å². The molecular weight excluding hydrogens is 375 g/mol. The van der Waals surface area contributed by atoms with Crippen molar-refractivity contribution in [2.45, 2.75) is 32.6 Å². The van der Waals surface area contributed by atoms with Gasteiger partial charge in [-0.2, -0.15) is 0 Å². The fourth-order valence-electron chi connectivity index (χ4n) is 2.74. The van der Waals surface area contributed by atoms with Crippen LogP contribution in [0.3, 0.4) is 0 Å². The van der Waals surface area contributed by atoms with Crippen molar-refractivity contribution in [3.63, 3.8) is 0 Å². The number of unbranched alkanes of at least 4 members (excludes halogenated alkanes) is 2. The van der Waals surface area contributed by atoms with Crippen molar-refractivity contribution in [1.29, 1.82) is 0 Å². The molecule has 2 aromatic carbocycles. The van der Waals surface area contributed by atoms with E-state index in [1.807, 2.05) is 19.1 Å². The molecule has 1 aromatic heterocycles. The zero-order valence-electron chi connectivity index (χ0n) is 15.6. The van der Waals surface area contributed by atoms with Gasteiger partial charge < -0.3 is 10.1 Å². The first kappa shape index (κ1) is 19.8. The van der Waals surface area contributed by atoms with Crippen LogP contribution in [-0.2, 0) is 11.2 Å². The van der Waals surface area contributed by atoms with Crippen LogP contribution in [0.1, 0.15) is 31.7 Å². The maximum Gasteiger partial charge on any atom is 0.228 e. The third-order valence-electron chi connectivity index (χ3n) is 4.14. The highest BCUT2D eigenvalue weighted by Crippen LogP contribution is 2.23. The molecule has 1 heterocycles. The molecule has 0 aliphatic heterocycles. The van der Waals surface area contributed by atoms with Gasteiger partial charge in [0.1, 0.15) is 0 Å². The van der Waals surface area contributed by atoms with Crippen molar-refractivity contribution in [2.24, 2.45) is 0 Å². The second-order valence-electron chi connectivity index (χ2n) is 6.22. The summed E-state index contributed by atoms with van der Waals surface area (Å²) in [6.45, 7) is 2.23. The van der Waals surface area contributed by atoms with Gasteiger partial charge in [0.05, 0.1) is 28.8 Å². The van der Waals surface area contributed by atoms with E-state index in [4.69, 9.17) is 4.74 Å². The van der Waals surface area contributed by atoms with E-state index in [-0.39, 0.29) is 18.1 Å². The Morgan fingerprint density at radius 2 is 2.18 bits per heavy atom. The molecule has 0 unspecified atom stereocenters. The molecule has 0 saturated heterocycles. The van der Waals surface area contributed by atoms with Crippen LogP contribution < -0.4 is 10.1 Å². The molecule has 6 heteroatoms. The number of amides is 1. The number of anilines is 1. The number of rotatable bonds is 8. The first-order valence-electron chi connectivity index (χ1n) is 9.10. The average Bonchev–Trinajstić information content (AvgIpc) is 3.15. The lowest BCUT2D eigenvalue weighted by atomic mass is 10.1. The molecule has 0 saturated carbocycles. The summed E-state index contributed by atoms with van der Waals surface area (Å²) in [5.41, 5.74) is 3.63. The highest BCUT2D eigenvalue weighted by Gasteiger charge is 2.13. The molecule has 0 aliphatic rings. The summed E-state index contributed by atoms with van der Waals surface area (Å²) in [6, 6.07) is 10.4. The van der Waals surface area contributed by atoms with Crippen molar-refractivity contribution in [3.05, 3.63) is 53.3 Å². The number of halogens is 1. The molecule has 3 rings (SSSR count). The summed E-state index contributed by atoms with van der Waals surface area (Å²) in [7, 11) is 0. The van der Waals surface area contributed by atoms with Crippen molar-refractivity contribution < 1.29 is 13.9 Å². The van der Waals surface area contributed by atoms with Gasteiger partial charge >= 0.3 is 0 Å². The lowest BCUT2D eigenvalue weighted by molar-refractivity contribution is -0.115. The second kappa shape index (κ2) is 9.86. The Hall–Kier alpha value is -2.91. The molecule has 1 N–H and O–H groups in total. The van der Waals surface area contributed by atoms with Gasteiger partial charge in [-0.3, -0.25) is 4.79 Å². The maximum absolute atomic E-state index is 14.6. The number of fused-ring (bicyclic) bond motifs is 1. The van der Waals surface area contributed by atoms with Gasteiger partial charge in [0, 0.05) is 17.7 Å². The van der Waals surface area contributed by atoms with E-state index in [0.29, 0.717) is 17.9 Å². The van der Waals surface area contributed by atoms with Crippen LogP contribution in [0.5, 0.6) is 5.75 Å². The lowest BCUT2D eigenvalue weighted by Gasteiger charge is -2.10. The number of thiazole rings is 1. The number of nitrogens with zero attached hydrogens (tertiary/aromatic N) is 1. The van der Waals surface area contributed by atoms with Crippen LogP contribution in [0.2, 0.25) is 0 Å². The zero-order chi connectivity index (χ0) is 19.8. The maximum atomic E-state index is 14.6. The van der Waals surface area contributed by atoms with Crippen molar-refractivity contribution in [1.82, 2.24) is 4.98 Å². The largest absolute Gasteiger partial charge is 0.491 e. The molecule has 1 amide bonds. The Morgan fingerprint density at radius 3 is 3.04 bits per heavy atom. The summed E-state index contributed by atoms with van der Waals surface area (Å²) < 4.78 is 21.2. The fourth-order valence-corrected chi connectivity index (χ4v) is 3.45. The zero-order valence-corrected chi connectivity index (χ0v) is 16.4. The summed E-state index contributed by atoms with van der Waals surface area (Å²) in [5.74, 6) is 5.25. The van der Waals surface area contributed by atoms with E-state index in [1.54, 1.807) is 29.8 Å². The molecule has 0 fully saturated rings. The summed E-state index contributed by atoms with van der Waals surface area (Å²) in [5, 5.41) is 2.81. The van der Waals surface area contributed by atoms with Crippen LogP contribution in [0, 0.1) is 17.7 Å². The van der Waals surface area contributed by atoms with Crippen LogP contribution in [0.4, 0.5) is 10.1 Å². The number of carbonyl (C=O) groups excluding carboxylic acids is 1. The lowest BCUT2D eigenvalue weighted by Crippen LogP contribution is -2.15. The molecule has 0 aliphatic carbocycles. The Bertz CT molecular complexity index is 1020. The van der Waals surface area contributed by atoms with Gasteiger partial charge in [-0.15, -0.1) is 23.2 Å². The van der Waals surface area contributed by atoms with E-state index in [1.165, 1.54) is 11.3 Å². The topological polar surface area (TPSA) is 51.2 Å². The number of ether oxygens (including phenoxy) is 1. The first-order valence-corrected chi connectivity index (χ1v) is 9.98. The van der Waals surface area contributed by atoms with Crippen molar-refractivity contribution in [2.75, 3.05) is 11.9 Å². The highest BCUT2D eigenvalue weighted by atomic mass is 32.1. The van der Waals surface area contributed by atoms with Gasteiger partial charge in [-0.05, 0) is 44.0 Å². The summed E-state index contributed by atoms with van der Waals surface area (Å²) >= 11 is 1.50. The third kappa shape index (κ3) is 5.30. The summed E-state index contributed by atoms with van der Waals surface area (Å²) in [6.07, 6.45) is 2.47. The quantitative estimate of drug-likeness (QED) is 0.421. The minimum absolute atomic E-state index is 0.0597. The Morgan fingerprint density at radius 1 is 1.29 bits per heavy atom. The predicted molar refractivity (Wildman–Crippen MR) is 111 cm³/mol. The molecule has 0 radical (unpaired) electrons. The predicted octanol–water partition coefficient (Wildman–Crippen LogP) is 5.19. The molecule has 0 spiro atoms. The monoisotopic (exact) mass is 396 g/mol. The molecule has 3 aromatic rings. The van der Waals surface area contributed by atoms with Crippen LogP contribution in [0.25, 0.3) is 10.2 Å². The second-order valence-corrected chi connectivity index (χ2v) is 7.11. The van der Waals surface area contributed by atoms with E-state index in [0.717, 1.165) is 29.5 Å². The fraction of sp³-hybridized carbons (Fsp3) is 0.273. The number of hydrogen-bond donors (Lipinski definition) is 1. The van der Waals surface area contributed by atoms with E-state index in [2.05, 4.69) is 22.1 Å². The first-order chi connectivity index (χ1) is 13.7. The van der Waals surface area contributed by atoms with Gasteiger partial charge in [-0.25, -0.2) is 9.37 Å². The van der Waals surface area contributed by atoms with Gasteiger partial charge in [0.25, 0.3) is 0 Å². The molecule has 28 heavy (non-hydrogen) atoms. The smallest absolute Gasteiger partial charge is 0.228 e. The minimum Gasteiger partial charge on any atom is -0.491 e. The van der Waals surface area contributed by atoms with Crippen molar-refractivity contribution in [3.8, 4) is 17.6 Å². The van der Waals surface area contributed by atoms with E-state index < -0.39 is 5.82 Å². The van der Waals surface area contributed by atoms with Crippen LogP contribution in [-0.4, -0.2) is 17.5 Å². The van der Waals surface area contributed by atoms with Crippen LogP contribution >= 0.6 is 11.3 Å². The molecular formula is C22H21FN2O2S. The Kier molecular flexibility index (Phi) is 6.99. The number of hydrogen-bond acceptors (Lipinski definition) is 4. The minimum atomic E-state index is -0.482. The van der Waals surface area contributed by atoms with Gasteiger partial charge in [0.15, 0.2) is 11.6 Å². The average molecular weight is 396 g/mol. The van der Waals surface area contributed by atoms with Crippen molar-refractivity contribution >= 4 is 33.1 Å². The number of aromatic nitrogens is 1. The normalized spacial score (nSPS) is 10.4. The molecule has 0 atom stereocenters. The third-order valence-corrected chi connectivity index (χ3v) is 4.93. The SMILES string of the molecule is CC#CCCCCOc1cccc(CC(=O)Nc2ccc3ncsc3c2)c1F. The highest BCUT2D eigenvalue weighted by molar-refractivity contribution is 7.16.